The van der Waals surface area contributed by atoms with Crippen molar-refractivity contribution < 1.29 is 0 Å². The van der Waals surface area contributed by atoms with Gasteiger partial charge in [-0.05, 0) is 36.8 Å². The second kappa shape index (κ2) is 8.37. The quantitative estimate of drug-likeness (QED) is 0.698. The molecule has 1 heterocycles. The van der Waals surface area contributed by atoms with E-state index < -0.39 is 0 Å². The van der Waals surface area contributed by atoms with Crippen LogP contribution in [0.4, 0.5) is 5.82 Å². The minimum absolute atomic E-state index is 0.489. The summed E-state index contributed by atoms with van der Waals surface area (Å²) in [6.45, 7) is 5.36. The van der Waals surface area contributed by atoms with E-state index in [1.165, 1.54) is 12.2 Å². The average molecular weight is 253 g/mol. The van der Waals surface area contributed by atoms with Crippen molar-refractivity contribution >= 4 is 17.6 Å². The number of nitrogens with one attached hydrogen (secondary N) is 1. The van der Waals surface area contributed by atoms with Crippen molar-refractivity contribution in [3.63, 3.8) is 0 Å². The molecule has 96 valence electrons. The molecule has 0 amide bonds. The summed E-state index contributed by atoms with van der Waals surface area (Å²) >= 11 is 2.00. The highest BCUT2D eigenvalue weighted by molar-refractivity contribution is 7.99. The third kappa shape index (κ3) is 5.41. The molecular formula is C13H23N3S. The number of thioether (sulfide) groups is 1. The Morgan fingerprint density at radius 3 is 2.94 bits per heavy atom. The molecule has 0 radical (unpaired) electrons. The number of nitrogen functional groups attached to an aromatic ring is 1. The molecule has 3 nitrogen and oxygen atoms in total. The molecule has 0 aliphatic carbocycles. The zero-order chi connectivity index (χ0) is 12.5. The molecular weight excluding hydrogens is 230 g/mol. The third-order valence-corrected chi connectivity index (χ3v) is 3.89. The zero-order valence-electron chi connectivity index (χ0n) is 10.8. The van der Waals surface area contributed by atoms with Gasteiger partial charge in [0.1, 0.15) is 5.82 Å². The SMILES string of the molecule is CCCSCC(Cc1cccnc1N)NCC. The monoisotopic (exact) mass is 253 g/mol. The summed E-state index contributed by atoms with van der Waals surface area (Å²) in [5.41, 5.74) is 7.02. The Morgan fingerprint density at radius 1 is 1.47 bits per heavy atom. The second-order valence-electron chi connectivity index (χ2n) is 4.08. The minimum atomic E-state index is 0.489. The maximum atomic E-state index is 5.87. The van der Waals surface area contributed by atoms with Gasteiger partial charge < -0.3 is 11.1 Å². The van der Waals surface area contributed by atoms with E-state index >= 15 is 0 Å². The van der Waals surface area contributed by atoms with Crippen LogP contribution in [0.25, 0.3) is 0 Å². The van der Waals surface area contributed by atoms with E-state index in [-0.39, 0.29) is 0 Å². The molecule has 0 aromatic carbocycles. The Kier molecular flexibility index (Phi) is 7.05. The molecule has 0 spiro atoms. The number of aromatic nitrogens is 1. The molecule has 0 saturated heterocycles. The number of likely N-dealkylation sites (N-methyl/N-ethyl adjacent to an activating group) is 1. The van der Waals surface area contributed by atoms with Gasteiger partial charge in [0.25, 0.3) is 0 Å². The Hall–Kier alpha value is -0.740. The summed E-state index contributed by atoms with van der Waals surface area (Å²) in [5, 5.41) is 3.51. The lowest BCUT2D eigenvalue weighted by Gasteiger charge is -2.18. The van der Waals surface area contributed by atoms with Crippen LogP contribution in [0.2, 0.25) is 0 Å². The summed E-state index contributed by atoms with van der Waals surface area (Å²) in [4.78, 5) is 4.13. The highest BCUT2D eigenvalue weighted by atomic mass is 32.2. The molecule has 1 aromatic rings. The molecule has 1 aromatic heterocycles. The van der Waals surface area contributed by atoms with Gasteiger partial charge in [0.05, 0.1) is 0 Å². The Morgan fingerprint density at radius 2 is 2.29 bits per heavy atom. The van der Waals surface area contributed by atoms with Crippen LogP contribution in [0.1, 0.15) is 25.8 Å². The van der Waals surface area contributed by atoms with E-state index in [1.807, 2.05) is 17.8 Å². The molecule has 0 aliphatic heterocycles. The van der Waals surface area contributed by atoms with Crippen LogP contribution in [0.15, 0.2) is 18.3 Å². The molecule has 1 rings (SSSR count). The van der Waals surface area contributed by atoms with E-state index in [9.17, 15) is 0 Å². The summed E-state index contributed by atoms with van der Waals surface area (Å²) in [5.74, 6) is 3.02. The number of hydrogen-bond donors (Lipinski definition) is 2. The molecule has 3 N–H and O–H groups in total. The summed E-state index contributed by atoms with van der Waals surface area (Å²) < 4.78 is 0. The number of nitrogens with zero attached hydrogens (tertiary/aromatic N) is 1. The molecule has 1 unspecified atom stereocenters. The normalized spacial score (nSPS) is 12.6. The van der Waals surface area contributed by atoms with Crippen molar-refractivity contribution in [3.8, 4) is 0 Å². The largest absolute Gasteiger partial charge is 0.383 e. The molecule has 0 fully saturated rings. The third-order valence-electron chi connectivity index (χ3n) is 2.55. The van der Waals surface area contributed by atoms with Gasteiger partial charge in [0.15, 0.2) is 0 Å². The first kappa shape index (κ1) is 14.3. The van der Waals surface area contributed by atoms with Crippen LogP contribution in [-0.2, 0) is 6.42 Å². The van der Waals surface area contributed by atoms with Gasteiger partial charge in [0, 0.05) is 18.0 Å². The molecule has 1 atom stereocenters. The van der Waals surface area contributed by atoms with E-state index in [0.29, 0.717) is 11.9 Å². The van der Waals surface area contributed by atoms with Gasteiger partial charge in [-0.2, -0.15) is 11.8 Å². The van der Waals surface area contributed by atoms with E-state index in [2.05, 4.69) is 30.2 Å². The van der Waals surface area contributed by atoms with E-state index in [4.69, 9.17) is 5.73 Å². The number of anilines is 1. The van der Waals surface area contributed by atoms with Crippen molar-refractivity contribution in [3.05, 3.63) is 23.9 Å². The van der Waals surface area contributed by atoms with E-state index in [0.717, 1.165) is 24.3 Å². The van der Waals surface area contributed by atoms with Crippen molar-refractivity contribution in [1.82, 2.24) is 10.3 Å². The second-order valence-corrected chi connectivity index (χ2v) is 5.23. The molecule has 0 bridgehead atoms. The van der Waals surface area contributed by atoms with Gasteiger partial charge in [0.2, 0.25) is 0 Å². The van der Waals surface area contributed by atoms with Crippen LogP contribution in [0.5, 0.6) is 0 Å². The van der Waals surface area contributed by atoms with Crippen molar-refractivity contribution in [2.24, 2.45) is 0 Å². The summed E-state index contributed by atoms with van der Waals surface area (Å²) in [6, 6.07) is 4.51. The summed E-state index contributed by atoms with van der Waals surface area (Å²) in [7, 11) is 0. The highest BCUT2D eigenvalue weighted by Crippen LogP contribution is 2.13. The van der Waals surface area contributed by atoms with Gasteiger partial charge in [-0.25, -0.2) is 4.98 Å². The lowest BCUT2D eigenvalue weighted by Crippen LogP contribution is -2.33. The summed E-state index contributed by atoms with van der Waals surface area (Å²) in [6.07, 6.45) is 3.94. The maximum absolute atomic E-state index is 5.87. The Balaban J connectivity index is 2.50. The Bertz CT molecular complexity index is 317. The zero-order valence-corrected chi connectivity index (χ0v) is 11.6. The van der Waals surface area contributed by atoms with E-state index in [1.54, 1.807) is 6.20 Å². The minimum Gasteiger partial charge on any atom is -0.383 e. The predicted molar refractivity (Wildman–Crippen MR) is 77.4 cm³/mol. The molecule has 0 aliphatic rings. The standard InChI is InChI=1S/C13H23N3S/c1-3-8-17-10-12(15-4-2)9-11-6-5-7-16-13(11)14/h5-7,12,15H,3-4,8-10H2,1-2H3,(H2,14,16). The number of hydrogen-bond acceptors (Lipinski definition) is 4. The number of rotatable bonds is 8. The molecule has 17 heavy (non-hydrogen) atoms. The van der Waals surface area contributed by atoms with Crippen LogP contribution >= 0.6 is 11.8 Å². The molecule has 4 heteroatoms. The lowest BCUT2D eigenvalue weighted by molar-refractivity contribution is 0.572. The lowest BCUT2D eigenvalue weighted by atomic mass is 10.1. The fraction of sp³-hybridized carbons (Fsp3) is 0.615. The van der Waals surface area contributed by atoms with Gasteiger partial charge in [-0.1, -0.05) is 19.9 Å². The first-order chi connectivity index (χ1) is 8.27. The van der Waals surface area contributed by atoms with Gasteiger partial charge in [-0.3, -0.25) is 0 Å². The van der Waals surface area contributed by atoms with Crippen LogP contribution in [0.3, 0.4) is 0 Å². The maximum Gasteiger partial charge on any atom is 0.126 e. The first-order valence-corrected chi connectivity index (χ1v) is 7.43. The molecule has 0 saturated carbocycles. The Labute approximate surface area is 109 Å². The first-order valence-electron chi connectivity index (χ1n) is 6.28. The van der Waals surface area contributed by atoms with Crippen molar-refractivity contribution in [1.29, 1.82) is 0 Å². The highest BCUT2D eigenvalue weighted by Gasteiger charge is 2.10. The van der Waals surface area contributed by atoms with Crippen molar-refractivity contribution in [2.45, 2.75) is 32.7 Å². The van der Waals surface area contributed by atoms with Crippen LogP contribution in [-0.4, -0.2) is 29.1 Å². The number of nitrogens with two attached hydrogens (primary N) is 1. The van der Waals surface area contributed by atoms with Gasteiger partial charge in [-0.15, -0.1) is 0 Å². The smallest absolute Gasteiger partial charge is 0.126 e. The average Bonchev–Trinajstić information content (AvgIpc) is 2.32. The van der Waals surface area contributed by atoms with Crippen molar-refractivity contribution in [2.75, 3.05) is 23.8 Å². The van der Waals surface area contributed by atoms with Crippen LogP contribution < -0.4 is 11.1 Å². The fourth-order valence-corrected chi connectivity index (χ4v) is 2.71. The predicted octanol–water partition coefficient (Wildman–Crippen LogP) is 2.33. The number of pyridine rings is 1. The van der Waals surface area contributed by atoms with Gasteiger partial charge >= 0.3 is 0 Å². The topological polar surface area (TPSA) is 50.9 Å². The fourth-order valence-electron chi connectivity index (χ4n) is 1.74. The van der Waals surface area contributed by atoms with Crippen LogP contribution in [0, 0.1) is 0 Å².